The minimum atomic E-state index is 0.527. The first-order chi connectivity index (χ1) is 13.7. The van der Waals surface area contributed by atoms with Crippen LogP contribution in [0.4, 0.5) is 28.7 Å². The number of hydrogen-bond acceptors (Lipinski definition) is 5. The number of benzene rings is 3. The SMILES string of the molecule is CCN(c1cccc(C)c1)c1ncnc(Nc2cccc3ccccc23)c1N. The minimum absolute atomic E-state index is 0.527. The lowest BCUT2D eigenvalue weighted by Crippen LogP contribution is -2.20. The van der Waals surface area contributed by atoms with Crippen molar-refractivity contribution in [1.82, 2.24) is 9.97 Å². The third kappa shape index (κ3) is 3.34. The van der Waals surface area contributed by atoms with E-state index in [4.69, 9.17) is 5.73 Å². The predicted molar refractivity (Wildman–Crippen MR) is 118 cm³/mol. The Labute approximate surface area is 164 Å². The van der Waals surface area contributed by atoms with E-state index in [1.807, 2.05) is 30.3 Å². The average molecular weight is 369 g/mol. The Hall–Kier alpha value is -3.60. The fraction of sp³-hybridized carbons (Fsp3) is 0.130. The number of nitrogens with two attached hydrogens (primary N) is 1. The number of nitrogens with one attached hydrogen (secondary N) is 1. The van der Waals surface area contributed by atoms with Gasteiger partial charge in [-0.2, -0.15) is 0 Å². The van der Waals surface area contributed by atoms with Crippen LogP contribution in [0.15, 0.2) is 73.1 Å². The second-order valence-electron chi connectivity index (χ2n) is 6.69. The predicted octanol–water partition coefficient (Wildman–Crippen LogP) is 5.42. The molecule has 4 aromatic rings. The van der Waals surface area contributed by atoms with Crippen molar-refractivity contribution in [2.24, 2.45) is 0 Å². The van der Waals surface area contributed by atoms with E-state index >= 15 is 0 Å². The van der Waals surface area contributed by atoms with Crippen LogP contribution >= 0.6 is 0 Å². The molecule has 0 saturated heterocycles. The summed E-state index contributed by atoms with van der Waals surface area (Å²) >= 11 is 0. The van der Waals surface area contributed by atoms with Crippen LogP contribution in [0.3, 0.4) is 0 Å². The maximum Gasteiger partial charge on any atom is 0.161 e. The molecular formula is C23H23N5. The molecular weight excluding hydrogens is 346 g/mol. The number of nitrogen functional groups attached to an aromatic ring is 1. The molecule has 0 bridgehead atoms. The third-order valence-electron chi connectivity index (χ3n) is 4.79. The molecule has 0 aliphatic heterocycles. The lowest BCUT2D eigenvalue weighted by molar-refractivity contribution is 0.979. The molecule has 0 unspecified atom stereocenters. The number of fused-ring (bicyclic) bond motifs is 1. The molecule has 1 heterocycles. The molecule has 140 valence electrons. The van der Waals surface area contributed by atoms with Crippen molar-refractivity contribution >= 4 is 39.5 Å². The summed E-state index contributed by atoms with van der Waals surface area (Å²) in [6.07, 6.45) is 1.55. The zero-order chi connectivity index (χ0) is 19.5. The van der Waals surface area contributed by atoms with Crippen LogP contribution in [0.2, 0.25) is 0 Å². The Morgan fingerprint density at radius 3 is 2.57 bits per heavy atom. The molecule has 0 saturated carbocycles. The Kier molecular flexibility index (Phi) is 4.81. The van der Waals surface area contributed by atoms with Gasteiger partial charge in [0, 0.05) is 23.3 Å². The van der Waals surface area contributed by atoms with Gasteiger partial charge in [0.1, 0.15) is 12.0 Å². The summed E-state index contributed by atoms with van der Waals surface area (Å²) in [7, 11) is 0. The number of hydrogen-bond donors (Lipinski definition) is 2. The van der Waals surface area contributed by atoms with Crippen molar-refractivity contribution in [3.05, 3.63) is 78.6 Å². The van der Waals surface area contributed by atoms with Crippen molar-refractivity contribution in [3.8, 4) is 0 Å². The molecule has 1 aromatic heterocycles. The zero-order valence-electron chi connectivity index (χ0n) is 16.1. The largest absolute Gasteiger partial charge is 0.393 e. The summed E-state index contributed by atoms with van der Waals surface area (Å²) in [4.78, 5) is 11.0. The molecule has 0 atom stereocenters. The smallest absolute Gasteiger partial charge is 0.161 e. The number of nitrogens with zero attached hydrogens (tertiary/aromatic N) is 3. The van der Waals surface area contributed by atoms with Crippen molar-refractivity contribution in [1.29, 1.82) is 0 Å². The maximum atomic E-state index is 6.50. The van der Waals surface area contributed by atoms with Gasteiger partial charge in [-0.25, -0.2) is 9.97 Å². The van der Waals surface area contributed by atoms with Crippen molar-refractivity contribution in [2.75, 3.05) is 22.5 Å². The highest BCUT2D eigenvalue weighted by Crippen LogP contribution is 2.34. The summed E-state index contributed by atoms with van der Waals surface area (Å²) in [5.74, 6) is 1.30. The van der Waals surface area contributed by atoms with Crippen LogP contribution in [0.5, 0.6) is 0 Å². The molecule has 0 amide bonds. The van der Waals surface area contributed by atoms with Gasteiger partial charge in [-0.3, -0.25) is 0 Å². The Balaban J connectivity index is 1.74. The van der Waals surface area contributed by atoms with Gasteiger partial charge in [0.25, 0.3) is 0 Å². The monoisotopic (exact) mass is 369 g/mol. The van der Waals surface area contributed by atoms with E-state index in [0.717, 1.165) is 28.7 Å². The molecule has 0 spiro atoms. The number of rotatable bonds is 5. The van der Waals surface area contributed by atoms with Crippen molar-refractivity contribution in [2.45, 2.75) is 13.8 Å². The zero-order valence-corrected chi connectivity index (χ0v) is 16.1. The van der Waals surface area contributed by atoms with Gasteiger partial charge in [0.15, 0.2) is 11.6 Å². The number of aryl methyl sites for hydroxylation is 1. The normalized spacial score (nSPS) is 10.8. The Morgan fingerprint density at radius 1 is 0.964 bits per heavy atom. The summed E-state index contributed by atoms with van der Waals surface area (Å²) in [6, 6.07) is 22.7. The summed E-state index contributed by atoms with van der Waals surface area (Å²) in [6.45, 7) is 4.91. The van der Waals surface area contributed by atoms with E-state index < -0.39 is 0 Å². The fourth-order valence-electron chi connectivity index (χ4n) is 3.41. The van der Waals surface area contributed by atoms with Gasteiger partial charge in [0.05, 0.1) is 0 Å². The van der Waals surface area contributed by atoms with Crippen LogP contribution in [-0.2, 0) is 0 Å². The molecule has 4 rings (SSSR count). The van der Waals surface area contributed by atoms with Gasteiger partial charge in [-0.1, -0.05) is 48.5 Å². The molecule has 0 fully saturated rings. The van der Waals surface area contributed by atoms with E-state index in [0.29, 0.717) is 17.3 Å². The minimum Gasteiger partial charge on any atom is -0.393 e. The molecule has 0 aliphatic rings. The highest BCUT2D eigenvalue weighted by molar-refractivity contribution is 5.96. The Bertz CT molecular complexity index is 1120. The molecule has 5 heteroatoms. The van der Waals surface area contributed by atoms with E-state index in [1.54, 1.807) is 6.33 Å². The number of anilines is 5. The lowest BCUT2D eigenvalue weighted by Gasteiger charge is -2.24. The van der Waals surface area contributed by atoms with Gasteiger partial charge in [0.2, 0.25) is 0 Å². The molecule has 3 aromatic carbocycles. The van der Waals surface area contributed by atoms with E-state index in [-0.39, 0.29) is 0 Å². The topological polar surface area (TPSA) is 67.1 Å². The maximum absolute atomic E-state index is 6.50. The highest BCUT2D eigenvalue weighted by Gasteiger charge is 2.16. The standard InChI is InChI=1S/C23H23N5/c1-3-28(18-11-6-8-16(2)14-18)23-21(24)22(25-15-26-23)27-20-13-7-10-17-9-4-5-12-19(17)20/h4-15H,3,24H2,1-2H3,(H,25,26,27). The van der Waals surface area contributed by atoms with Gasteiger partial charge < -0.3 is 16.0 Å². The lowest BCUT2D eigenvalue weighted by atomic mass is 10.1. The van der Waals surface area contributed by atoms with Crippen LogP contribution in [0.25, 0.3) is 10.8 Å². The summed E-state index contributed by atoms with van der Waals surface area (Å²) < 4.78 is 0. The Morgan fingerprint density at radius 2 is 1.75 bits per heavy atom. The first kappa shape index (κ1) is 17.8. The van der Waals surface area contributed by atoms with Gasteiger partial charge in [-0.15, -0.1) is 0 Å². The molecule has 0 aliphatic carbocycles. The molecule has 0 radical (unpaired) electrons. The summed E-state index contributed by atoms with van der Waals surface area (Å²) in [5, 5.41) is 5.68. The van der Waals surface area contributed by atoms with Crippen molar-refractivity contribution < 1.29 is 0 Å². The van der Waals surface area contributed by atoms with Gasteiger partial charge in [-0.05, 0) is 43.0 Å². The van der Waals surface area contributed by atoms with Gasteiger partial charge >= 0.3 is 0 Å². The first-order valence-electron chi connectivity index (χ1n) is 9.37. The second kappa shape index (κ2) is 7.56. The molecule has 5 nitrogen and oxygen atoms in total. The van der Waals surface area contributed by atoms with Crippen LogP contribution < -0.4 is 16.0 Å². The highest BCUT2D eigenvalue weighted by atomic mass is 15.2. The molecule has 3 N–H and O–H groups in total. The second-order valence-corrected chi connectivity index (χ2v) is 6.69. The average Bonchev–Trinajstić information content (AvgIpc) is 2.71. The first-order valence-corrected chi connectivity index (χ1v) is 9.37. The number of aromatic nitrogens is 2. The van der Waals surface area contributed by atoms with Crippen LogP contribution in [0.1, 0.15) is 12.5 Å². The van der Waals surface area contributed by atoms with Crippen LogP contribution in [-0.4, -0.2) is 16.5 Å². The van der Waals surface area contributed by atoms with E-state index in [9.17, 15) is 0 Å². The summed E-state index contributed by atoms with van der Waals surface area (Å²) in [5.41, 5.74) is 10.2. The third-order valence-corrected chi connectivity index (χ3v) is 4.79. The van der Waals surface area contributed by atoms with Crippen molar-refractivity contribution in [3.63, 3.8) is 0 Å². The fourth-order valence-corrected chi connectivity index (χ4v) is 3.41. The van der Waals surface area contributed by atoms with E-state index in [1.165, 1.54) is 5.56 Å². The molecule has 28 heavy (non-hydrogen) atoms. The van der Waals surface area contributed by atoms with E-state index in [2.05, 4.69) is 70.4 Å². The quantitative estimate of drug-likeness (QED) is 0.491. The van der Waals surface area contributed by atoms with Crippen LogP contribution in [0, 0.1) is 6.92 Å².